The lowest BCUT2D eigenvalue weighted by molar-refractivity contribution is -0.125. The summed E-state index contributed by atoms with van der Waals surface area (Å²) in [6.07, 6.45) is 5.25. The number of amides is 1. The fourth-order valence-corrected chi connectivity index (χ4v) is 3.84. The van der Waals surface area contributed by atoms with Crippen molar-refractivity contribution in [2.45, 2.75) is 77.4 Å². The Labute approximate surface area is 122 Å². The van der Waals surface area contributed by atoms with Crippen molar-refractivity contribution in [3.63, 3.8) is 0 Å². The van der Waals surface area contributed by atoms with Crippen LogP contribution in [0.3, 0.4) is 0 Å². The number of piperidine rings is 1. The first-order chi connectivity index (χ1) is 9.24. The average Bonchev–Trinajstić information content (AvgIpc) is 2.51. The fourth-order valence-electron chi connectivity index (χ4n) is 3.84. The van der Waals surface area contributed by atoms with Gasteiger partial charge in [0.2, 0.25) is 5.91 Å². The standard InChI is InChI=1S/C16H28N2O2/c1-11(19)7-12-8-13-5-6-14(9-12)18(13)10-15(20)17-16(2,3)4/h12-14H,5-10H2,1-4H3,(H,17,20). The topological polar surface area (TPSA) is 49.4 Å². The quantitative estimate of drug-likeness (QED) is 0.858. The van der Waals surface area contributed by atoms with Gasteiger partial charge < -0.3 is 10.1 Å². The Kier molecular flexibility index (Phi) is 4.52. The van der Waals surface area contributed by atoms with E-state index in [0.717, 1.165) is 19.3 Å². The molecule has 2 heterocycles. The third-order valence-corrected chi connectivity index (χ3v) is 4.40. The van der Waals surface area contributed by atoms with Crippen LogP contribution in [-0.4, -0.2) is 40.8 Å². The van der Waals surface area contributed by atoms with Gasteiger partial charge in [-0.05, 0) is 59.3 Å². The van der Waals surface area contributed by atoms with Crippen molar-refractivity contribution in [1.82, 2.24) is 10.2 Å². The summed E-state index contributed by atoms with van der Waals surface area (Å²) in [5.74, 6) is 0.958. The van der Waals surface area contributed by atoms with E-state index in [9.17, 15) is 9.59 Å². The van der Waals surface area contributed by atoms with E-state index in [1.807, 2.05) is 20.8 Å². The Morgan fingerprint density at radius 1 is 1.15 bits per heavy atom. The van der Waals surface area contributed by atoms with Gasteiger partial charge in [0.1, 0.15) is 5.78 Å². The summed E-state index contributed by atoms with van der Waals surface area (Å²) in [6, 6.07) is 1.01. The van der Waals surface area contributed by atoms with Gasteiger partial charge in [-0.15, -0.1) is 0 Å². The lowest BCUT2D eigenvalue weighted by Gasteiger charge is -2.38. The Hall–Kier alpha value is -0.900. The highest BCUT2D eigenvalue weighted by Gasteiger charge is 2.41. The summed E-state index contributed by atoms with van der Waals surface area (Å²) in [6.45, 7) is 8.24. The second-order valence-electron chi connectivity index (χ2n) is 7.60. The highest BCUT2D eigenvalue weighted by molar-refractivity contribution is 5.79. The molecule has 1 amide bonds. The number of hydrogen-bond donors (Lipinski definition) is 1. The Balaban J connectivity index is 1.89. The third-order valence-electron chi connectivity index (χ3n) is 4.40. The number of carbonyl (C=O) groups excluding carboxylic acids is 2. The molecule has 0 aromatic carbocycles. The van der Waals surface area contributed by atoms with Crippen LogP contribution in [0.25, 0.3) is 0 Å². The van der Waals surface area contributed by atoms with Crippen molar-refractivity contribution in [1.29, 1.82) is 0 Å². The number of ketones is 1. The van der Waals surface area contributed by atoms with E-state index in [-0.39, 0.29) is 11.4 Å². The maximum atomic E-state index is 12.1. The molecule has 114 valence electrons. The molecule has 0 aliphatic carbocycles. The number of rotatable bonds is 4. The molecule has 2 unspecified atom stereocenters. The molecule has 0 aromatic heterocycles. The first kappa shape index (κ1) is 15.5. The van der Waals surface area contributed by atoms with Gasteiger partial charge in [0.15, 0.2) is 0 Å². The van der Waals surface area contributed by atoms with Crippen molar-refractivity contribution in [3.8, 4) is 0 Å². The number of carbonyl (C=O) groups is 2. The molecule has 20 heavy (non-hydrogen) atoms. The van der Waals surface area contributed by atoms with E-state index in [1.54, 1.807) is 6.92 Å². The van der Waals surface area contributed by atoms with Gasteiger partial charge in [0, 0.05) is 24.0 Å². The lowest BCUT2D eigenvalue weighted by atomic mass is 9.87. The SMILES string of the molecule is CC(=O)CC1CC2CCC(C1)N2CC(=O)NC(C)(C)C. The van der Waals surface area contributed by atoms with E-state index < -0.39 is 0 Å². The summed E-state index contributed by atoms with van der Waals surface area (Å²) in [5.41, 5.74) is -0.164. The largest absolute Gasteiger partial charge is 0.350 e. The van der Waals surface area contributed by atoms with Gasteiger partial charge in [-0.3, -0.25) is 9.69 Å². The maximum Gasteiger partial charge on any atom is 0.234 e. The van der Waals surface area contributed by atoms with Gasteiger partial charge in [-0.25, -0.2) is 0 Å². The zero-order valence-corrected chi connectivity index (χ0v) is 13.2. The summed E-state index contributed by atoms with van der Waals surface area (Å²) >= 11 is 0. The zero-order valence-electron chi connectivity index (χ0n) is 13.2. The molecule has 1 N–H and O–H groups in total. The van der Waals surface area contributed by atoms with E-state index in [0.29, 0.717) is 30.3 Å². The van der Waals surface area contributed by atoms with Gasteiger partial charge in [0.05, 0.1) is 6.54 Å². The van der Waals surface area contributed by atoms with Crippen molar-refractivity contribution in [2.75, 3.05) is 6.54 Å². The Morgan fingerprint density at radius 3 is 2.15 bits per heavy atom. The minimum Gasteiger partial charge on any atom is -0.350 e. The molecular weight excluding hydrogens is 252 g/mol. The van der Waals surface area contributed by atoms with Gasteiger partial charge in [0.25, 0.3) is 0 Å². The minimum absolute atomic E-state index is 0.124. The van der Waals surface area contributed by atoms with Crippen LogP contribution >= 0.6 is 0 Å². The van der Waals surface area contributed by atoms with Crippen LogP contribution in [0.15, 0.2) is 0 Å². The molecule has 0 saturated carbocycles. The van der Waals surface area contributed by atoms with Gasteiger partial charge >= 0.3 is 0 Å². The third kappa shape index (κ3) is 4.05. The van der Waals surface area contributed by atoms with Crippen LogP contribution in [-0.2, 0) is 9.59 Å². The zero-order chi connectivity index (χ0) is 14.9. The van der Waals surface area contributed by atoms with Crippen LogP contribution < -0.4 is 5.32 Å². The highest BCUT2D eigenvalue weighted by Crippen LogP contribution is 2.39. The van der Waals surface area contributed by atoms with Crippen LogP contribution in [0.5, 0.6) is 0 Å². The maximum absolute atomic E-state index is 12.1. The second-order valence-corrected chi connectivity index (χ2v) is 7.60. The number of nitrogens with one attached hydrogen (secondary N) is 1. The molecular formula is C16H28N2O2. The van der Waals surface area contributed by atoms with Crippen LogP contribution in [0.4, 0.5) is 0 Å². The van der Waals surface area contributed by atoms with Crippen molar-refractivity contribution < 1.29 is 9.59 Å². The molecule has 2 aliphatic rings. The van der Waals surface area contributed by atoms with Gasteiger partial charge in [-0.1, -0.05) is 0 Å². The molecule has 2 saturated heterocycles. The summed E-state index contributed by atoms with van der Waals surface area (Å²) in [5, 5.41) is 3.04. The number of nitrogens with zero attached hydrogens (tertiary/aromatic N) is 1. The Morgan fingerprint density at radius 2 is 1.70 bits per heavy atom. The van der Waals surface area contributed by atoms with E-state index in [2.05, 4.69) is 10.2 Å². The van der Waals surface area contributed by atoms with Crippen LogP contribution in [0.1, 0.15) is 59.8 Å². The smallest absolute Gasteiger partial charge is 0.234 e. The predicted molar refractivity (Wildman–Crippen MR) is 79.4 cm³/mol. The average molecular weight is 280 g/mol. The molecule has 0 radical (unpaired) electrons. The summed E-state index contributed by atoms with van der Waals surface area (Å²) < 4.78 is 0. The normalized spacial score (nSPS) is 30.3. The number of Topliss-reactive ketones (excluding diaryl/α,β-unsaturated/α-hetero) is 1. The molecule has 0 aromatic rings. The lowest BCUT2D eigenvalue weighted by Crippen LogP contribution is -2.51. The van der Waals surface area contributed by atoms with Crippen molar-refractivity contribution >= 4 is 11.7 Å². The van der Waals surface area contributed by atoms with E-state index in [4.69, 9.17) is 0 Å². The molecule has 4 heteroatoms. The molecule has 0 spiro atoms. The number of hydrogen-bond acceptors (Lipinski definition) is 3. The van der Waals surface area contributed by atoms with Crippen LogP contribution in [0, 0.1) is 5.92 Å². The summed E-state index contributed by atoms with van der Waals surface area (Å²) in [7, 11) is 0. The molecule has 2 fully saturated rings. The monoisotopic (exact) mass is 280 g/mol. The summed E-state index contributed by atoms with van der Waals surface area (Å²) in [4.78, 5) is 25.8. The second kappa shape index (κ2) is 5.84. The minimum atomic E-state index is -0.164. The van der Waals surface area contributed by atoms with Gasteiger partial charge in [-0.2, -0.15) is 0 Å². The molecule has 4 nitrogen and oxygen atoms in total. The van der Waals surface area contributed by atoms with Crippen molar-refractivity contribution in [3.05, 3.63) is 0 Å². The predicted octanol–water partition coefficient (Wildman–Crippen LogP) is 2.12. The van der Waals surface area contributed by atoms with Crippen molar-refractivity contribution in [2.24, 2.45) is 5.92 Å². The van der Waals surface area contributed by atoms with E-state index in [1.165, 1.54) is 12.8 Å². The fraction of sp³-hybridized carbons (Fsp3) is 0.875. The first-order valence-corrected chi connectivity index (χ1v) is 7.81. The van der Waals surface area contributed by atoms with Crippen LogP contribution in [0.2, 0.25) is 0 Å². The molecule has 2 atom stereocenters. The first-order valence-electron chi connectivity index (χ1n) is 7.81. The number of fused-ring (bicyclic) bond motifs is 2. The van der Waals surface area contributed by atoms with E-state index >= 15 is 0 Å². The molecule has 2 rings (SSSR count). The highest BCUT2D eigenvalue weighted by atomic mass is 16.2. The molecule has 2 bridgehead atoms. The Bertz CT molecular complexity index is 372. The molecule has 2 aliphatic heterocycles.